The van der Waals surface area contributed by atoms with Gasteiger partial charge in [0.15, 0.2) is 5.75 Å². The quantitative estimate of drug-likeness (QED) is 0.631. The first-order chi connectivity index (χ1) is 13.0. The molecule has 3 aromatic rings. The molecule has 0 bridgehead atoms. The lowest BCUT2D eigenvalue weighted by molar-refractivity contribution is 0.398. The van der Waals surface area contributed by atoms with Crippen molar-refractivity contribution in [1.82, 2.24) is 0 Å². The summed E-state index contributed by atoms with van der Waals surface area (Å²) in [7, 11) is 1.50. The number of allylic oxidation sites excluding steroid dienone is 1. The van der Waals surface area contributed by atoms with Crippen LogP contribution in [0.2, 0.25) is 10.0 Å². The number of methoxy groups -OCH3 is 1. The summed E-state index contributed by atoms with van der Waals surface area (Å²) >= 11 is 12.7. The Bertz CT molecular complexity index is 1130. The van der Waals surface area contributed by atoms with Crippen LogP contribution in [-0.2, 0) is 0 Å². The van der Waals surface area contributed by atoms with Gasteiger partial charge in [-0.1, -0.05) is 59.6 Å². The van der Waals surface area contributed by atoms with Crippen LogP contribution >= 0.6 is 23.2 Å². The molecule has 4 nitrogen and oxygen atoms in total. The Labute approximate surface area is 166 Å². The number of halogens is 2. The van der Waals surface area contributed by atoms with E-state index in [0.717, 1.165) is 21.9 Å². The summed E-state index contributed by atoms with van der Waals surface area (Å²) in [5.41, 5.74) is 7.99. The lowest BCUT2D eigenvalue weighted by Crippen LogP contribution is -2.21. The van der Waals surface area contributed by atoms with Crippen LogP contribution in [0.1, 0.15) is 17.0 Å². The van der Waals surface area contributed by atoms with Crippen molar-refractivity contribution in [2.45, 2.75) is 5.92 Å². The predicted molar refractivity (Wildman–Crippen MR) is 106 cm³/mol. The average molecular weight is 397 g/mol. The van der Waals surface area contributed by atoms with Gasteiger partial charge in [0.25, 0.3) is 0 Å². The number of hydrogen-bond donors (Lipinski definition) is 1. The zero-order valence-corrected chi connectivity index (χ0v) is 15.8. The summed E-state index contributed by atoms with van der Waals surface area (Å²) in [5, 5.41) is 12.4. The molecule has 2 N–H and O–H groups in total. The smallest absolute Gasteiger partial charge is 0.205 e. The zero-order chi connectivity index (χ0) is 19.1. The standard InChI is InChI=1S/C21H14Cl2N2O2/c1-26-20-16(22)8-12(9-17(20)23)18-14-7-6-11-4-2-3-5-13(11)19(14)27-21(25)15(18)10-24/h2-9,18H,25H2,1H3. The van der Waals surface area contributed by atoms with Gasteiger partial charge in [-0.25, -0.2) is 0 Å². The Balaban J connectivity index is 2.00. The van der Waals surface area contributed by atoms with E-state index in [1.807, 2.05) is 36.4 Å². The zero-order valence-electron chi connectivity index (χ0n) is 14.3. The van der Waals surface area contributed by atoms with Gasteiger partial charge in [0, 0.05) is 10.9 Å². The summed E-state index contributed by atoms with van der Waals surface area (Å²) in [6.07, 6.45) is 0. The van der Waals surface area contributed by atoms with Crippen molar-refractivity contribution in [3.8, 4) is 17.6 Å². The monoisotopic (exact) mass is 396 g/mol. The fraction of sp³-hybridized carbons (Fsp3) is 0.0952. The number of rotatable bonds is 2. The van der Waals surface area contributed by atoms with E-state index < -0.39 is 5.92 Å². The molecule has 1 atom stereocenters. The van der Waals surface area contributed by atoms with Gasteiger partial charge < -0.3 is 15.2 Å². The Kier molecular flexibility index (Phi) is 4.35. The molecule has 0 spiro atoms. The van der Waals surface area contributed by atoms with E-state index in [2.05, 4.69) is 6.07 Å². The molecule has 3 aromatic carbocycles. The van der Waals surface area contributed by atoms with Gasteiger partial charge in [-0.15, -0.1) is 0 Å². The molecule has 4 rings (SSSR count). The Morgan fingerprint density at radius 3 is 2.48 bits per heavy atom. The topological polar surface area (TPSA) is 68.3 Å². The van der Waals surface area contributed by atoms with Gasteiger partial charge in [-0.2, -0.15) is 5.26 Å². The second kappa shape index (κ2) is 6.70. The molecule has 1 unspecified atom stereocenters. The molecule has 1 aliphatic rings. The van der Waals surface area contributed by atoms with Gasteiger partial charge in [-0.3, -0.25) is 0 Å². The third-order valence-electron chi connectivity index (χ3n) is 4.67. The van der Waals surface area contributed by atoms with Crippen LogP contribution in [0.4, 0.5) is 0 Å². The third-order valence-corrected chi connectivity index (χ3v) is 5.23. The molecule has 134 valence electrons. The first kappa shape index (κ1) is 17.5. The Morgan fingerprint density at radius 1 is 1.11 bits per heavy atom. The third kappa shape index (κ3) is 2.76. The lowest BCUT2D eigenvalue weighted by Gasteiger charge is -2.28. The van der Waals surface area contributed by atoms with E-state index in [-0.39, 0.29) is 5.88 Å². The van der Waals surface area contributed by atoms with E-state index in [9.17, 15) is 5.26 Å². The van der Waals surface area contributed by atoms with Crippen LogP contribution in [0.3, 0.4) is 0 Å². The van der Waals surface area contributed by atoms with Crippen LogP contribution in [-0.4, -0.2) is 7.11 Å². The van der Waals surface area contributed by atoms with Gasteiger partial charge in [0.1, 0.15) is 17.4 Å². The minimum Gasteiger partial charge on any atom is -0.494 e. The first-order valence-corrected chi connectivity index (χ1v) is 8.93. The van der Waals surface area contributed by atoms with Crippen LogP contribution in [0.15, 0.2) is 60.0 Å². The molecular weight excluding hydrogens is 383 g/mol. The molecule has 0 fully saturated rings. The number of nitrogens with zero attached hydrogens (tertiary/aromatic N) is 1. The van der Waals surface area contributed by atoms with E-state index in [1.165, 1.54) is 7.11 Å². The number of nitrogens with two attached hydrogens (primary N) is 1. The second-order valence-corrected chi connectivity index (χ2v) is 6.96. The van der Waals surface area contributed by atoms with Crippen LogP contribution < -0.4 is 15.2 Å². The van der Waals surface area contributed by atoms with Gasteiger partial charge in [-0.05, 0) is 23.1 Å². The van der Waals surface area contributed by atoms with Crippen molar-refractivity contribution in [1.29, 1.82) is 5.26 Å². The van der Waals surface area contributed by atoms with Crippen molar-refractivity contribution >= 4 is 34.0 Å². The maximum Gasteiger partial charge on any atom is 0.205 e. The summed E-state index contributed by atoms with van der Waals surface area (Å²) in [4.78, 5) is 0. The molecule has 0 aliphatic carbocycles. The number of hydrogen-bond acceptors (Lipinski definition) is 4. The van der Waals surface area contributed by atoms with E-state index >= 15 is 0 Å². The summed E-state index contributed by atoms with van der Waals surface area (Å²) in [5.74, 6) is 0.666. The summed E-state index contributed by atoms with van der Waals surface area (Å²) in [6.45, 7) is 0. The largest absolute Gasteiger partial charge is 0.494 e. The maximum atomic E-state index is 9.71. The van der Waals surface area contributed by atoms with Crippen molar-refractivity contribution in [3.05, 3.63) is 81.2 Å². The van der Waals surface area contributed by atoms with Gasteiger partial charge in [0.2, 0.25) is 5.88 Å². The number of nitriles is 1. The number of ether oxygens (including phenoxy) is 2. The number of fused-ring (bicyclic) bond motifs is 3. The van der Waals surface area contributed by atoms with Crippen LogP contribution in [0.25, 0.3) is 10.8 Å². The maximum absolute atomic E-state index is 9.71. The summed E-state index contributed by atoms with van der Waals surface area (Å²) in [6, 6.07) is 17.4. The normalized spacial score (nSPS) is 15.9. The molecule has 0 amide bonds. The molecular formula is C21H14Cl2N2O2. The molecule has 6 heteroatoms. The van der Waals surface area contributed by atoms with E-state index in [4.69, 9.17) is 38.4 Å². The fourth-order valence-corrected chi connectivity index (χ4v) is 4.13. The van der Waals surface area contributed by atoms with Crippen molar-refractivity contribution in [2.75, 3.05) is 7.11 Å². The molecule has 1 aliphatic heterocycles. The highest BCUT2D eigenvalue weighted by Gasteiger charge is 2.32. The van der Waals surface area contributed by atoms with Crippen molar-refractivity contribution < 1.29 is 9.47 Å². The molecule has 0 saturated heterocycles. The minimum absolute atomic E-state index is 0.0782. The first-order valence-electron chi connectivity index (χ1n) is 8.17. The van der Waals surface area contributed by atoms with E-state index in [1.54, 1.807) is 12.1 Å². The second-order valence-electron chi connectivity index (χ2n) is 6.15. The SMILES string of the molecule is COc1c(Cl)cc(C2C(C#N)=C(N)Oc3c2ccc2ccccc32)cc1Cl. The average Bonchev–Trinajstić information content (AvgIpc) is 2.66. The fourth-order valence-electron chi connectivity index (χ4n) is 3.47. The predicted octanol–water partition coefficient (Wildman–Crippen LogP) is 5.37. The highest BCUT2D eigenvalue weighted by Crippen LogP contribution is 2.47. The van der Waals surface area contributed by atoms with Crippen LogP contribution in [0, 0.1) is 11.3 Å². The molecule has 1 heterocycles. The van der Waals surface area contributed by atoms with Crippen molar-refractivity contribution in [3.63, 3.8) is 0 Å². The highest BCUT2D eigenvalue weighted by molar-refractivity contribution is 6.37. The Hall–Kier alpha value is -2.87. The molecule has 0 saturated carbocycles. The molecule has 27 heavy (non-hydrogen) atoms. The van der Waals surface area contributed by atoms with Crippen LogP contribution in [0.5, 0.6) is 11.5 Å². The Morgan fingerprint density at radius 2 is 1.81 bits per heavy atom. The minimum atomic E-state index is -0.440. The highest BCUT2D eigenvalue weighted by atomic mass is 35.5. The van der Waals surface area contributed by atoms with Crippen molar-refractivity contribution in [2.24, 2.45) is 5.73 Å². The molecule has 0 aromatic heterocycles. The lowest BCUT2D eigenvalue weighted by atomic mass is 9.82. The molecule has 0 radical (unpaired) electrons. The summed E-state index contributed by atoms with van der Waals surface area (Å²) < 4.78 is 11.1. The van der Waals surface area contributed by atoms with Gasteiger partial charge >= 0.3 is 0 Å². The van der Waals surface area contributed by atoms with E-state index in [0.29, 0.717) is 27.1 Å². The number of benzene rings is 3. The van der Waals surface area contributed by atoms with Gasteiger partial charge in [0.05, 0.1) is 23.1 Å².